The Morgan fingerprint density at radius 1 is 0.952 bits per heavy atom. The Kier molecular flexibility index (Phi) is 4.21. The average molecular weight is 552 g/mol. The third-order valence-electron chi connectivity index (χ3n) is 2.92. The van der Waals surface area contributed by atoms with Crippen molar-refractivity contribution in [1.29, 1.82) is 0 Å². The molecule has 1 aromatic carbocycles. The van der Waals surface area contributed by atoms with Crippen LogP contribution in [0.3, 0.4) is 0 Å². The van der Waals surface area contributed by atoms with Crippen molar-refractivity contribution in [3.8, 4) is 0 Å². The van der Waals surface area contributed by atoms with Crippen LogP contribution in [0.5, 0.6) is 0 Å². The molecule has 1 aromatic rings. The molecule has 0 amide bonds. The topological polar surface area (TPSA) is 85.4 Å². The van der Waals surface area contributed by atoms with E-state index in [0.29, 0.717) is 0 Å². The second-order valence-corrected chi connectivity index (χ2v) is 7.36. The van der Waals surface area contributed by atoms with E-state index in [1.807, 2.05) is 0 Å². The number of hydrogen-bond donors (Lipinski definition) is 1. The molecule has 0 bridgehead atoms. The predicted molar refractivity (Wildman–Crippen MR) is 83.2 cm³/mol. The minimum Gasteiger partial charge on any atom is -0.478 e. The van der Waals surface area contributed by atoms with Crippen molar-refractivity contribution in [3.05, 3.63) is 29.0 Å². The minimum atomic E-state index is -1.15. The van der Waals surface area contributed by atoms with E-state index in [0.717, 1.165) is 0 Å². The van der Waals surface area contributed by atoms with Gasteiger partial charge in [0.05, 0.1) is 11.1 Å². The average Bonchev–Trinajstić information content (AvgIpc) is 3.05. The number of epoxide rings is 1. The van der Waals surface area contributed by atoms with Crippen LogP contribution >= 0.6 is 63.7 Å². The number of carbonyl (C=O) groups is 2. The van der Waals surface area contributed by atoms with Gasteiger partial charge in [0.15, 0.2) is 12.4 Å². The first kappa shape index (κ1) is 15.9. The second kappa shape index (κ2) is 5.57. The van der Waals surface area contributed by atoms with Crippen LogP contribution in [-0.4, -0.2) is 35.7 Å². The molecular formula is C11H4Br4O6. The highest BCUT2D eigenvalue weighted by molar-refractivity contribution is 9.14. The Bertz CT molecular complexity index is 646. The third kappa shape index (κ3) is 2.59. The fourth-order valence-corrected chi connectivity index (χ4v) is 4.57. The first-order valence-corrected chi connectivity index (χ1v) is 8.61. The number of rotatable bonds is 3. The highest BCUT2D eigenvalue weighted by atomic mass is 79.9. The van der Waals surface area contributed by atoms with Crippen molar-refractivity contribution in [3.63, 3.8) is 0 Å². The summed E-state index contributed by atoms with van der Waals surface area (Å²) in [5, 5.41) is 9.20. The molecule has 10 heteroatoms. The first-order chi connectivity index (χ1) is 9.82. The monoisotopic (exact) mass is 548 g/mol. The van der Waals surface area contributed by atoms with E-state index in [1.165, 1.54) is 0 Å². The summed E-state index contributed by atoms with van der Waals surface area (Å²) in [6.45, 7) is 0. The van der Waals surface area contributed by atoms with E-state index in [4.69, 9.17) is 14.2 Å². The van der Waals surface area contributed by atoms with Gasteiger partial charge in [0.2, 0.25) is 6.29 Å². The maximum absolute atomic E-state index is 12.2. The van der Waals surface area contributed by atoms with Crippen molar-refractivity contribution >= 4 is 75.7 Å². The van der Waals surface area contributed by atoms with Crippen LogP contribution in [0.25, 0.3) is 0 Å². The van der Waals surface area contributed by atoms with Crippen molar-refractivity contribution in [1.82, 2.24) is 0 Å². The van der Waals surface area contributed by atoms with Gasteiger partial charge >= 0.3 is 11.9 Å². The summed E-state index contributed by atoms with van der Waals surface area (Å²) in [5.74, 6) is -1.81. The van der Waals surface area contributed by atoms with Gasteiger partial charge in [0, 0.05) is 17.9 Å². The summed E-state index contributed by atoms with van der Waals surface area (Å²) in [7, 11) is 0. The number of ether oxygens (including phenoxy) is 3. The van der Waals surface area contributed by atoms with Gasteiger partial charge in [-0.05, 0) is 63.7 Å². The lowest BCUT2D eigenvalue weighted by Gasteiger charge is -2.22. The van der Waals surface area contributed by atoms with Gasteiger partial charge in [-0.25, -0.2) is 9.59 Å². The zero-order valence-corrected chi connectivity index (χ0v) is 16.1. The number of hydrogen-bond acceptors (Lipinski definition) is 5. The SMILES string of the molecule is O=C(O)c1c(Br)c(Br)c(C(=O)OC2OC3OC23)c(Br)c1Br. The summed E-state index contributed by atoms with van der Waals surface area (Å²) in [6.07, 6.45) is -1.18. The molecule has 0 aromatic heterocycles. The van der Waals surface area contributed by atoms with Crippen LogP contribution < -0.4 is 0 Å². The smallest absolute Gasteiger partial charge is 0.342 e. The maximum atomic E-state index is 12.2. The first-order valence-electron chi connectivity index (χ1n) is 5.44. The molecule has 3 atom stereocenters. The standard InChI is InChI=1S/C11H4Br4O6/c12-3-1(8(16)17)4(13)6(15)2(5(3)14)9(18)20-11-7-10(19-7)21-11/h7,10-11H,(H,16,17). The van der Waals surface area contributed by atoms with Crippen LogP contribution in [0.2, 0.25) is 0 Å². The van der Waals surface area contributed by atoms with Gasteiger partial charge in [-0.2, -0.15) is 0 Å². The second-order valence-electron chi connectivity index (χ2n) is 4.19. The Balaban J connectivity index is 1.97. The maximum Gasteiger partial charge on any atom is 0.342 e. The van der Waals surface area contributed by atoms with Gasteiger partial charge in [-0.3, -0.25) is 0 Å². The molecule has 0 radical (unpaired) electrons. The molecule has 2 heterocycles. The van der Waals surface area contributed by atoms with Gasteiger partial charge in [0.25, 0.3) is 0 Å². The summed E-state index contributed by atoms with van der Waals surface area (Å²) < 4.78 is 16.3. The number of fused-ring (bicyclic) bond motifs is 1. The van der Waals surface area contributed by atoms with E-state index in [1.54, 1.807) is 0 Å². The summed E-state index contributed by atoms with van der Waals surface area (Å²) in [6, 6.07) is 0. The number of esters is 1. The number of halogens is 4. The molecule has 0 aliphatic carbocycles. The van der Waals surface area contributed by atoms with Crippen LogP contribution in [0.4, 0.5) is 0 Å². The molecule has 2 fully saturated rings. The number of carbonyl (C=O) groups excluding carboxylic acids is 1. The fourth-order valence-electron chi connectivity index (χ4n) is 1.79. The van der Waals surface area contributed by atoms with E-state index in [2.05, 4.69) is 63.7 Å². The lowest BCUT2D eigenvalue weighted by Crippen LogP contribution is -2.37. The van der Waals surface area contributed by atoms with Crippen molar-refractivity contribution in [2.45, 2.75) is 18.7 Å². The number of benzene rings is 1. The molecular weight excluding hydrogens is 548 g/mol. The molecule has 2 saturated heterocycles. The zero-order valence-electron chi connectivity index (χ0n) is 9.73. The Hall–Kier alpha value is -0.000000000000000222. The molecule has 6 nitrogen and oxygen atoms in total. The lowest BCUT2D eigenvalue weighted by molar-refractivity contribution is -0.172. The van der Waals surface area contributed by atoms with E-state index < -0.39 is 18.2 Å². The highest BCUT2D eigenvalue weighted by Crippen LogP contribution is 2.44. The zero-order chi connectivity index (χ0) is 15.5. The van der Waals surface area contributed by atoms with Gasteiger partial charge in [-0.1, -0.05) is 0 Å². The van der Waals surface area contributed by atoms with Gasteiger partial charge < -0.3 is 19.3 Å². The summed E-state index contributed by atoms with van der Waals surface area (Å²) in [4.78, 5) is 23.5. The molecule has 112 valence electrons. The molecule has 21 heavy (non-hydrogen) atoms. The quantitative estimate of drug-likeness (QED) is 0.351. The molecule has 1 N–H and O–H groups in total. The highest BCUT2D eigenvalue weighted by Gasteiger charge is 2.61. The Morgan fingerprint density at radius 2 is 1.48 bits per heavy atom. The van der Waals surface area contributed by atoms with Crippen LogP contribution in [0, 0.1) is 0 Å². The van der Waals surface area contributed by atoms with Gasteiger partial charge in [-0.15, -0.1) is 0 Å². The molecule has 2 aliphatic heterocycles. The van der Waals surface area contributed by atoms with Gasteiger partial charge in [0.1, 0.15) is 0 Å². The number of carboxylic acids is 1. The molecule has 0 saturated carbocycles. The Morgan fingerprint density at radius 3 is 1.86 bits per heavy atom. The van der Waals surface area contributed by atoms with Crippen LogP contribution in [0.1, 0.15) is 20.7 Å². The largest absolute Gasteiger partial charge is 0.478 e. The minimum absolute atomic E-state index is 0.0178. The molecule has 3 unspecified atom stereocenters. The van der Waals surface area contributed by atoms with Crippen molar-refractivity contribution in [2.24, 2.45) is 0 Å². The molecule has 3 rings (SSSR count). The molecule has 0 spiro atoms. The lowest BCUT2D eigenvalue weighted by atomic mass is 10.1. The fraction of sp³-hybridized carbons (Fsp3) is 0.273. The number of carboxylic acid groups (broad SMARTS) is 1. The van der Waals surface area contributed by atoms with Crippen LogP contribution in [-0.2, 0) is 14.2 Å². The van der Waals surface area contributed by atoms with Crippen molar-refractivity contribution < 1.29 is 28.9 Å². The predicted octanol–water partition coefficient (Wildman–Crippen LogP) is 3.67. The van der Waals surface area contributed by atoms with E-state index >= 15 is 0 Å². The normalized spacial score (nSPS) is 25.8. The Labute approximate surface area is 151 Å². The summed E-state index contributed by atoms with van der Waals surface area (Å²) >= 11 is 12.7. The van der Waals surface area contributed by atoms with Crippen molar-refractivity contribution in [2.75, 3.05) is 0 Å². The van der Waals surface area contributed by atoms with E-state index in [-0.39, 0.29) is 41.4 Å². The van der Waals surface area contributed by atoms with E-state index in [9.17, 15) is 14.7 Å². The van der Waals surface area contributed by atoms with Crippen LogP contribution in [0.15, 0.2) is 17.9 Å². The molecule has 2 aliphatic rings. The third-order valence-corrected chi connectivity index (χ3v) is 7.16. The summed E-state index contributed by atoms with van der Waals surface area (Å²) in [5.41, 5.74) is 0.127. The number of aromatic carboxylic acids is 1.